The molecule has 0 radical (unpaired) electrons. The third-order valence-electron chi connectivity index (χ3n) is 8.33. The van der Waals surface area contributed by atoms with E-state index in [9.17, 15) is 4.79 Å². The number of benzene rings is 1. The summed E-state index contributed by atoms with van der Waals surface area (Å²) in [6, 6.07) is 7.33. The van der Waals surface area contributed by atoms with E-state index in [1.807, 2.05) is 6.07 Å². The van der Waals surface area contributed by atoms with Crippen LogP contribution in [0.15, 0.2) is 48.9 Å². The van der Waals surface area contributed by atoms with Gasteiger partial charge in [-0.3, -0.25) is 9.78 Å². The first-order chi connectivity index (χ1) is 20.8. The van der Waals surface area contributed by atoms with E-state index >= 15 is 8.78 Å². The molecule has 4 heterocycles. The van der Waals surface area contributed by atoms with Gasteiger partial charge < -0.3 is 25.8 Å². The molecule has 12 heteroatoms. The largest absolute Gasteiger partial charge is 0.490 e. The molecule has 1 aromatic carbocycles. The van der Waals surface area contributed by atoms with Gasteiger partial charge in [-0.2, -0.15) is 9.61 Å². The fourth-order valence-electron chi connectivity index (χ4n) is 6.26. The summed E-state index contributed by atoms with van der Waals surface area (Å²) in [5.41, 5.74) is 8.77. The minimum absolute atomic E-state index is 0.0888. The van der Waals surface area contributed by atoms with E-state index in [2.05, 4.69) is 32.6 Å². The Morgan fingerprint density at radius 3 is 2.60 bits per heavy atom. The van der Waals surface area contributed by atoms with Gasteiger partial charge in [0.05, 0.1) is 48.1 Å². The van der Waals surface area contributed by atoms with Crippen LogP contribution in [0.25, 0.3) is 16.8 Å². The minimum Gasteiger partial charge on any atom is -0.490 e. The zero-order valence-corrected chi connectivity index (χ0v) is 24.1. The Balaban J connectivity index is 1.26. The number of ether oxygens (including phenoxy) is 2. The summed E-state index contributed by atoms with van der Waals surface area (Å²) in [4.78, 5) is 20.5. The number of anilines is 2. The van der Waals surface area contributed by atoms with Gasteiger partial charge in [-0.05, 0) is 48.4 Å². The van der Waals surface area contributed by atoms with E-state index in [0.29, 0.717) is 43.9 Å². The van der Waals surface area contributed by atoms with Crippen LogP contribution in [0.2, 0.25) is 0 Å². The second-order valence-corrected chi connectivity index (χ2v) is 11.5. The molecule has 4 N–H and O–H groups in total. The summed E-state index contributed by atoms with van der Waals surface area (Å²) in [6.45, 7) is 4.72. The Hall–Kier alpha value is -4.16. The smallest absolute Gasteiger partial charge is 0.229 e. The number of nitrogens with zero attached hydrogens (tertiary/aromatic N) is 4. The highest BCUT2D eigenvalue weighted by molar-refractivity contribution is 5.73. The summed E-state index contributed by atoms with van der Waals surface area (Å²) in [5.74, 6) is -0.809. The van der Waals surface area contributed by atoms with E-state index in [4.69, 9.17) is 15.2 Å². The number of carbonyl (C=O) groups is 1. The molecule has 10 nitrogen and oxygen atoms in total. The predicted molar refractivity (Wildman–Crippen MR) is 157 cm³/mol. The van der Waals surface area contributed by atoms with Gasteiger partial charge in [0.1, 0.15) is 23.5 Å². The molecule has 1 saturated heterocycles. The molecule has 1 amide bonds. The molecule has 6 rings (SSSR count). The Kier molecular flexibility index (Phi) is 8.22. The number of halogens is 2. The number of nitrogens with two attached hydrogens (primary N) is 1. The van der Waals surface area contributed by atoms with Crippen LogP contribution < -0.4 is 21.1 Å². The minimum atomic E-state index is -0.765. The molecule has 1 saturated carbocycles. The fraction of sp³-hybridized carbons (Fsp3) is 0.419. The van der Waals surface area contributed by atoms with Crippen molar-refractivity contribution < 1.29 is 23.0 Å². The van der Waals surface area contributed by atoms with Crippen LogP contribution in [0.4, 0.5) is 20.4 Å². The lowest BCUT2D eigenvalue weighted by atomic mass is 9.73. The van der Waals surface area contributed by atoms with Crippen molar-refractivity contribution in [3.63, 3.8) is 0 Å². The highest BCUT2D eigenvalue weighted by Crippen LogP contribution is 2.39. The first-order valence-electron chi connectivity index (χ1n) is 14.6. The van der Waals surface area contributed by atoms with E-state index in [1.165, 1.54) is 23.6 Å². The topological polar surface area (TPSA) is 129 Å². The normalized spacial score (nSPS) is 22.8. The number of pyridine rings is 1. The number of aromatic nitrogens is 4. The van der Waals surface area contributed by atoms with Crippen molar-refractivity contribution in [1.29, 1.82) is 0 Å². The number of amides is 1. The molecular formula is C31H35F2N7O3. The van der Waals surface area contributed by atoms with E-state index in [1.54, 1.807) is 30.7 Å². The van der Waals surface area contributed by atoms with Crippen LogP contribution in [0.1, 0.15) is 51.0 Å². The van der Waals surface area contributed by atoms with Crippen LogP contribution in [0.5, 0.6) is 5.75 Å². The van der Waals surface area contributed by atoms with Crippen molar-refractivity contribution in [2.24, 2.45) is 11.7 Å². The lowest BCUT2D eigenvalue weighted by Gasteiger charge is -2.39. The lowest BCUT2D eigenvalue weighted by Crippen LogP contribution is -2.54. The maximum atomic E-state index is 15.3. The van der Waals surface area contributed by atoms with Crippen molar-refractivity contribution in [2.75, 3.05) is 18.5 Å². The quantitative estimate of drug-likeness (QED) is 0.282. The van der Waals surface area contributed by atoms with Crippen LogP contribution in [-0.2, 0) is 9.53 Å². The summed E-state index contributed by atoms with van der Waals surface area (Å²) >= 11 is 0. The molecular weight excluding hydrogens is 556 g/mol. The van der Waals surface area contributed by atoms with Crippen LogP contribution >= 0.6 is 0 Å². The number of imidazole rings is 1. The van der Waals surface area contributed by atoms with Crippen molar-refractivity contribution in [3.05, 3.63) is 66.1 Å². The van der Waals surface area contributed by atoms with Crippen LogP contribution in [0.3, 0.4) is 0 Å². The molecule has 0 spiro atoms. The number of fused-ring (bicyclic) bond motifs is 1. The van der Waals surface area contributed by atoms with Gasteiger partial charge in [0.2, 0.25) is 11.9 Å². The Morgan fingerprint density at radius 2 is 1.88 bits per heavy atom. The SMILES string of the molecule is CC(=O)N[C@@H]1[C@H](N)C[C@H](c2ccncc2Nc2ncc3ccc(-c4c(F)cc(OC5CCOCC5)cc4F)nn23)C[C@@H]1C. The molecule has 3 aromatic heterocycles. The number of carbonyl (C=O) groups excluding carboxylic acids is 1. The van der Waals surface area contributed by atoms with Gasteiger partial charge in [-0.25, -0.2) is 13.8 Å². The zero-order chi connectivity index (χ0) is 30.1. The molecule has 4 aromatic rings. The van der Waals surface area contributed by atoms with Crippen LogP contribution in [-0.4, -0.2) is 56.9 Å². The van der Waals surface area contributed by atoms with E-state index < -0.39 is 11.6 Å². The summed E-state index contributed by atoms with van der Waals surface area (Å²) in [7, 11) is 0. The van der Waals surface area contributed by atoms with Gasteiger partial charge in [-0.15, -0.1) is 0 Å². The molecule has 0 unspecified atom stereocenters. The van der Waals surface area contributed by atoms with Gasteiger partial charge in [0, 0.05) is 50.2 Å². The molecule has 43 heavy (non-hydrogen) atoms. The average molecular weight is 592 g/mol. The molecule has 1 aliphatic carbocycles. The second-order valence-electron chi connectivity index (χ2n) is 11.5. The maximum absolute atomic E-state index is 15.3. The second kappa shape index (κ2) is 12.2. The van der Waals surface area contributed by atoms with Crippen molar-refractivity contribution in [2.45, 2.75) is 63.6 Å². The first-order valence-corrected chi connectivity index (χ1v) is 14.6. The molecule has 2 fully saturated rings. The Labute approximate surface area is 248 Å². The summed E-state index contributed by atoms with van der Waals surface area (Å²) in [6.07, 6.45) is 7.79. The van der Waals surface area contributed by atoms with Gasteiger partial charge in [0.25, 0.3) is 0 Å². The van der Waals surface area contributed by atoms with E-state index in [-0.39, 0.29) is 52.9 Å². The third-order valence-corrected chi connectivity index (χ3v) is 8.33. The lowest BCUT2D eigenvalue weighted by molar-refractivity contribution is -0.120. The zero-order valence-electron chi connectivity index (χ0n) is 24.1. The monoisotopic (exact) mass is 591 g/mol. The third kappa shape index (κ3) is 6.16. The number of nitrogens with one attached hydrogen (secondary N) is 2. The molecule has 4 atom stereocenters. The van der Waals surface area contributed by atoms with Crippen molar-refractivity contribution >= 4 is 23.1 Å². The van der Waals surface area contributed by atoms with Crippen molar-refractivity contribution in [3.8, 4) is 17.0 Å². The Morgan fingerprint density at radius 1 is 1.12 bits per heavy atom. The standard InChI is InChI=1S/C31H35F2N7O3/c1-17-11-19(12-26(34)30(17)37-18(2)41)23-5-8-35-16-28(23)38-31-36-15-20-3-4-27(39-40(20)31)29-24(32)13-22(14-25(29)33)43-21-6-9-42-10-7-21/h3-5,8,13-17,19,21,26,30H,6-7,9-12,34H2,1-2H3,(H,36,38)(H,37,41)/t17-,19+,26+,30-/m0/s1. The maximum Gasteiger partial charge on any atom is 0.229 e. The number of hydrogen-bond acceptors (Lipinski definition) is 8. The fourth-order valence-corrected chi connectivity index (χ4v) is 6.26. The molecule has 2 aliphatic rings. The molecule has 1 aliphatic heterocycles. The van der Waals surface area contributed by atoms with Crippen molar-refractivity contribution in [1.82, 2.24) is 24.9 Å². The van der Waals surface area contributed by atoms with Gasteiger partial charge in [-0.1, -0.05) is 6.92 Å². The Bertz CT molecular complexity index is 1590. The predicted octanol–water partition coefficient (Wildman–Crippen LogP) is 4.72. The van der Waals surface area contributed by atoms with Crippen LogP contribution in [0, 0.1) is 17.6 Å². The highest BCUT2D eigenvalue weighted by atomic mass is 19.1. The number of hydrogen-bond donors (Lipinski definition) is 3. The summed E-state index contributed by atoms with van der Waals surface area (Å²) < 4.78 is 43.2. The van der Waals surface area contributed by atoms with Gasteiger partial charge >= 0.3 is 0 Å². The first kappa shape index (κ1) is 28.9. The average Bonchev–Trinajstić information content (AvgIpc) is 3.37. The summed E-state index contributed by atoms with van der Waals surface area (Å²) in [5, 5.41) is 10.9. The molecule has 0 bridgehead atoms. The van der Waals surface area contributed by atoms with E-state index in [0.717, 1.165) is 17.7 Å². The molecule has 226 valence electrons. The number of rotatable bonds is 7. The van der Waals surface area contributed by atoms with Gasteiger partial charge in [0.15, 0.2) is 0 Å². The highest BCUT2D eigenvalue weighted by Gasteiger charge is 2.35.